The first kappa shape index (κ1) is 63.0. The van der Waals surface area contributed by atoms with Crippen LogP contribution in [0.25, 0.3) is 0 Å². The molecule has 0 aliphatic heterocycles. The van der Waals surface area contributed by atoms with Crippen LogP contribution in [0.4, 0.5) is 35.9 Å². The fraction of sp³-hybridized carbons (Fsp3) is 0.480. The number of sulfonamides is 1. The summed E-state index contributed by atoms with van der Waals surface area (Å²) in [5.41, 5.74) is 1.73. The second kappa shape index (κ2) is 31.1. The van der Waals surface area contributed by atoms with Crippen molar-refractivity contribution in [3.05, 3.63) is 105 Å². The van der Waals surface area contributed by atoms with Crippen LogP contribution in [0.1, 0.15) is 60.1 Å². The number of ether oxygens (including phenoxy) is 8. The molecule has 3 atom stereocenters. The SMILES string of the molecule is O=C(NCCCCNC(=O)NCCOCCOCCNS(=O)(=O)c1ccc(O[C@@H]2CCc3c(OC(F)(F)F)cc(Cl)cc32)cc1)NCCOCCOCCN[S+]([O-])c1ccc(O[C@@H]2CCc3c(OC(F)(F)F)cc(Cl)cc32)cc1. The van der Waals surface area contributed by atoms with Gasteiger partial charge in [-0.15, -0.1) is 31.1 Å². The normalized spacial score (nSPS) is 15.5. The van der Waals surface area contributed by atoms with E-state index in [1.165, 1.54) is 30.3 Å². The molecule has 19 nitrogen and oxygen atoms in total. The molecule has 0 aromatic heterocycles. The summed E-state index contributed by atoms with van der Waals surface area (Å²) in [4.78, 5) is 24.6. The molecule has 1 unspecified atom stereocenters. The predicted octanol–water partition coefficient (Wildman–Crippen LogP) is 7.96. The van der Waals surface area contributed by atoms with Gasteiger partial charge in [0.25, 0.3) is 0 Å². The Hall–Kier alpha value is -5.20. The summed E-state index contributed by atoms with van der Waals surface area (Å²) in [5, 5.41) is 11.0. The molecule has 0 spiro atoms. The minimum atomic E-state index is -4.88. The number of unbranched alkanes of at least 4 members (excludes halogenated alkanes) is 1. The molecular weight excluding hydrogens is 1140 g/mol. The third kappa shape index (κ3) is 22.0. The van der Waals surface area contributed by atoms with Gasteiger partial charge in [-0.2, -0.15) is 0 Å². The van der Waals surface area contributed by atoms with E-state index in [1.54, 1.807) is 30.3 Å². The van der Waals surface area contributed by atoms with Crippen LogP contribution >= 0.6 is 23.2 Å². The largest absolute Gasteiger partial charge is 0.593 e. The second-order valence-corrected chi connectivity index (χ2v) is 21.3. The van der Waals surface area contributed by atoms with Crippen molar-refractivity contribution in [2.45, 2.75) is 73.2 Å². The van der Waals surface area contributed by atoms with Crippen LogP contribution in [-0.2, 0) is 53.2 Å². The Morgan fingerprint density at radius 3 is 1.42 bits per heavy atom. The number of alkyl halides is 6. The Balaban J connectivity index is 0.681. The highest BCUT2D eigenvalue weighted by Crippen LogP contribution is 2.44. The van der Waals surface area contributed by atoms with Crippen LogP contribution in [0, 0.1) is 0 Å². The maximum absolute atomic E-state index is 12.9. The lowest BCUT2D eigenvalue weighted by Crippen LogP contribution is -2.39. The Bertz CT molecular complexity index is 2690. The van der Waals surface area contributed by atoms with Gasteiger partial charge in [-0.1, -0.05) is 23.2 Å². The minimum absolute atomic E-state index is 0.0149. The molecule has 2 aliphatic rings. The fourth-order valence-corrected chi connectivity index (χ4v) is 10.4. The highest BCUT2D eigenvalue weighted by Gasteiger charge is 2.37. The monoisotopic (exact) mass is 1200 g/mol. The van der Waals surface area contributed by atoms with E-state index in [9.17, 15) is 48.9 Å². The average molecular weight is 1200 g/mol. The van der Waals surface area contributed by atoms with Crippen molar-refractivity contribution in [1.82, 2.24) is 30.7 Å². The topological polar surface area (TPSA) is 237 Å². The molecule has 4 amide bonds. The number of hydrogen-bond acceptors (Lipinski definition) is 14. The Labute approximate surface area is 465 Å². The smallest absolute Gasteiger partial charge is 0.573 e. The molecule has 436 valence electrons. The summed E-state index contributed by atoms with van der Waals surface area (Å²) in [6.07, 6.45) is -8.21. The lowest BCUT2D eigenvalue weighted by molar-refractivity contribution is -0.275. The first-order valence-electron chi connectivity index (χ1n) is 24.9. The van der Waals surface area contributed by atoms with Gasteiger partial charge in [-0.3, -0.25) is 0 Å². The number of hydrogen-bond donors (Lipinski definition) is 6. The number of urea groups is 2. The molecule has 79 heavy (non-hydrogen) atoms. The van der Waals surface area contributed by atoms with Crippen LogP contribution in [0.2, 0.25) is 10.0 Å². The molecule has 0 radical (unpaired) electrons. The third-order valence-corrected chi connectivity index (χ3v) is 14.7. The van der Waals surface area contributed by atoms with Gasteiger partial charge in [0.05, 0.1) is 75.7 Å². The summed E-state index contributed by atoms with van der Waals surface area (Å²) >= 11 is 10.6. The number of amides is 4. The average Bonchev–Trinajstić information content (AvgIpc) is 4.19. The number of carbonyl (C=O) groups excluding carboxylic acids is 2. The first-order chi connectivity index (χ1) is 37.7. The maximum Gasteiger partial charge on any atom is 0.573 e. The quantitative estimate of drug-likeness (QED) is 0.0151. The number of nitrogens with one attached hydrogen (secondary N) is 6. The van der Waals surface area contributed by atoms with Crippen molar-refractivity contribution < 1.29 is 86.8 Å². The summed E-state index contributed by atoms with van der Waals surface area (Å²) in [7, 11) is -3.88. The molecule has 6 N–H and O–H groups in total. The molecule has 29 heteroatoms. The van der Waals surface area contributed by atoms with E-state index in [1.807, 2.05) is 0 Å². The van der Waals surface area contributed by atoms with Gasteiger partial charge in [0.1, 0.15) is 35.2 Å². The van der Waals surface area contributed by atoms with Gasteiger partial charge in [0.15, 0.2) is 4.90 Å². The van der Waals surface area contributed by atoms with E-state index in [-0.39, 0.29) is 124 Å². The Morgan fingerprint density at radius 2 is 0.975 bits per heavy atom. The van der Waals surface area contributed by atoms with E-state index in [4.69, 9.17) is 51.6 Å². The van der Waals surface area contributed by atoms with Gasteiger partial charge >= 0.3 is 24.8 Å². The lowest BCUT2D eigenvalue weighted by atomic mass is 10.1. The van der Waals surface area contributed by atoms with Crippen LogP contribution in [0.15, 0.2) is 82.6 Å². The zero-order chi connectivity index (χ0) is 56.8. The highest BCUT2D eigenvalue weighted by molar-refractivity contribution is 7.89. The van der Waals surface area contributed by atoms with Gasteiger partial charge in [-0.05, 0) is 111 Å². The van der Waals surface area contributed by atoms with E-state index < -0.39 is 46.3 Å². The van der Waals surface area contributed by atoms with Gasteiger partial charge in [0.2, 0.25) is 10.0 Å². The molecular formula is C50H60Cl2F6N6O13S2. The maximum atomic E-state index is 12.9. The van der Waals surface area contributed by atoms with E-state index in [2.05, 4.69) is 40.2 Å². The van der Waals surface area contributed by atoms with Gasteiger partial charge in [0, 0.05) is 65.0 Å². The molecule has 6 rings (SSSR count). The zero-order valence-corrected chi connectivity index (χ0v) is 45.5. The van der Waals surface area contributed by atoms with Crippen LogP contribution in [-0.4, -0.2) is 130 Å². The van der Waals surface area contributed by atoms with E-state index >= 15 is 0 Å². The summed E-state index contributed by atoms with van der Waals surface area (Å²) in [5.74, 6) is 0.0507. The van der Waals surface area contributed by atoms with E-state index in [0.717, 1.165) is 12.1 Å². The van der Waals surface area contributed by atoms with Crippen molar-refractivity contribution in [2.75, 3.05) is 92.1 Å². The van der Waals surface area contributed by atoms with Crippen molar-refractivity contribution in [3.63, 3.8) is 0 Å². The minimum Gasteiger partial charge on any atom is -0.593 e. The standard InChI is InChI=1S/C50H60Cl2F6N6O13S2/c51-33-29-41-39(45(31-33)76-49(53,54)55)11-13-43(41)74-35-3-7-37(8-4-35)78(67)63-19-23-72-27-25-70-21-17-61-47(65)59-15-1-2-16-60-48(66)62-18-22-71-26-28-73-24-20-64-79(68,69)38-9-5-36(6-10-38)75-44-14-12-40-42(44)30-34(52)32-46(40)77-50(56,57)58/h3-10,29-32,43-44,63-64H,1-2,11-28H2,(H2,59,61,65)(H2,60,62,66)/t43-,44-,78?/m1/s1. The van der Waals surface area contributed by atoms with Crippen LogP contribution < -0.4 is 49.7 Å². The lowest BCUT2D eigenvalue weighted by Gasteiger charge is -2.17. The van der Waals surface area contributed by atoms with Crippen LogP contribution in [0.5, 0.6) is 23.0 Å². The van der Waals surface area contributed by atoms with Crippen LogP contribution in [0.3, 0.4) is 0 Å². The molecule has 0 saturated carbocycles. The predicted molar refractivity (Wildman–Crippen MR) is 277 cm³/mol. The molecule has 4 aromatic carbocycles. The summed E-state index contributed by atoms with van der Waals surface area (Å²) < 4.78 is 163. The first-order valence-corrected chi connectivity index (χ1v) is 28.3. The molecule has 4 aromatic rings. The Morgan fingerprint density at radius 1 is 0.570 bits per heavy atom. The molecule has 2 aliphatic carbocycles. The highest BCUT2D eigenvalue weighted by atomic mass is 35.5. The van der Waals surface area contributed by atoms with Crippen molar-refractivity contribution in [3.8, 4) is 23.0 Å². The van der Waals surface area contributed by atoms with Crippen molar-refractivity contribution in [2.24, 2.45) is 0 Å². The summed E-state index contributed by atoms with van der Waals surface area (Å²) in [6, 6.07) is 16.7. The number of benzene rings is 4. The van der Waals surface area contributed by atoms with Crippen molar-refractivity contribution >= 4 is 56.6 Å². The molecule has 0 bridgehead atoms. The summed E-state index contributed by atoms with van der Waals surface area (Å²) in [6.45, 7) is 3.33. The second-order valence-electron chi connectivity index (χ2n) is 17.4. The van der Waals surface area contributed by atoms with Crippen molar-refractivity contribution in [1.29, 1.82) is 0 Å². The molecule has 0 heterocycles. The number of carbonyl (C=O) groups is 2. The van der Waals surface area contributed by atoms with Gasteiger partial charge in [-0.25, -0.2) is 22.7 Å². The molecule has 0 fully saturated rings. The number of halogens is 8. The molecule has 0 saturated heterocycles. The number of fused-ring (bicyclic) bond motifs is 2. The zero-order valence-electron chi connectivity index (χ0n) is 42.4. The Kier molecular flexibility index (Phi) is 24.8. The van der Waals surface area contributed by atoms with E-state index in [0.29, 0.717) is 83.8 Å². The number of rotatable bonds is 33. The van der Waals surface area contributed by atoms with Gasteiger partial charge < -0.3 is 63.7 Å². The third-order valence-electron chi connectivity index (χ3n) is 11.6. The fourth-order valence-electron chi connectivity index (χ4n) is 8.10.